The summed E-state index contributed by atoms with van der Waals surface area (Å²) in [4.78, 5) is 12.4. The Morgan fingerprint density at radius 1 is 1.55 bits per heavy atom. The van der Waals surface area contributed by atoms with Crippen molar-refractivity contribution >= 4 is 5.91 Å². The number of carbonyl (C=O) groups is 1. The van der Waals surface area contributed by atoms with Crippen LogP contribution in [-0.2, 0) is 11.8 Å². The van der Waals surface area contributed by atoms with Crippen molar-refractivity contribution in [2.75, 3.05) is 7.05 Å². The van der Waals surface area contributed by atoms with Gasteiger partial charge in [0.25, 0.3) is 0 Å². The number of aryl methyl sites for hydroxylation is 1. The van der Waals surface area contributed by atoms with Gasteiger partial charge in [-0.15, -0.1) is 0 Å². The molecule has 1 heterocycles. The first-order chi connectivity index (χ1) is 9.63. The summed E-state index contributed by atoms with van der Waals surface area (Å²) in [6.07, 6.45) is 9.59. The van der Waals surface area contributed by atoms with Crippen LogP contribution in [0.4, 0.5) is 0 Å². The minimum atomic E-state index is -0.314. The van der Waals surface area contributed by atoms with Crippen LogP contribution in [-0.4, -0.2) is 28.8 Å². The maximum atomic E-state index is 12.4. The zero-order valence-electron chi connectivity index (χ0n) is 12.7. The average molecular weight is 278 g/mol. The fourth-order valence-corrected chi connectivity index (χ4v) is 3.12. The van der Waals surface area contributed by atoms with Gasteiger partial charge in [0.15, 0.2) is 0 Å². The van der Waals surface area contributed by atoms with E-state index in [4.69, 9.17) is 0 Å². The van der Waals surface area contributed by atoms with Gasteiger partial charge in [-0.3, -0.25) is 9.48 Å². The lowest BCUT2D eigenvalue weighted by molar-refractivity contribution is -0.124. The van der Waals surface area contributed by atoms with E-state index in [0.717, 1.165) is 24.3 Å². The quantitative estimate of drug-likeness (QED) is 0.863. The van der Waals surface area contributed by atoms with Gasteiger partial charge < -0.3 is 10.6 Å². The van der Waals surface area contributed by atoms with Crippen LogP contribution < -0.4 is 10.6 Å². The lowest BCUT2D eigenvalue weighted by Crippen LogP contribution is -2.43. The van der Waals surface area contributed by atoms with Gasteiger partial charge in [0.05, 0.1) is 6.20 Å². The molecule has 5 nitrogen and oxygen atoms in total. The highest BCUT2D eigenvalue weighted by atomic mass is 16.2. The summed E-state index contributed by atoms with van der Waals surface area (Å²) in [6.45, 7) is 2.24. The molecule has 1 aliphatic rings. The molecular formula is C15H26N4O. The summed E-state index contributed by atoms with van der Waals surface area (Å²) >= 11 is 0. The Morgan fingerprint density at radius 2 is 2.35 bits per heavy atom. The lowest BCUT2D eigenvalue weighted by Gasteiger charge is -2.30. The van der Waals surface area contributed by atoms with Crippen LogP contribution in [0.3, 0.4) is 0 Å². The first kappa shape index (κ1) is 15.0. The first-order valence-electron chi connectivity index (χ1n) is 7.60. The third-order valence-electron chi connectivity index (χ3n) is 4.32. The van der Waals surface area contributed by atoms with Crippen LogP contribution in [0.2, 0.25) is 0 Å². The summed E-state index contributed by atoms with van der Waals surface area (Å²) in [6, 6.07) is 0.0134. The number of carbonyl (C=O) groups excluding carboxylic acids is 1. The number of rotatable bonds is 5. The van der Waals surface area contributed by atoms with Crippen molar-refractivity contribution in [2.24, 2.45) is 13.0 Å². The van der Waals surface area contributed by atoms with Gasteiger partial charge in [-0.05, 0) is 25.8 Å². The highest BCUT2D eigenvalue weighted by Gasteiger charge is 2.26. The van der Waals surface area contributed by atoms with E-state index in [9.17, 15) is 4.79 Å². The molecule has 0 spiro atoms. The topological polar surface area (TPSA) is 59.0 Å². The molecule has 0 bridgehead atoms. The summed E-state index contributed by atoms with van der Waals surface area (Å²) in [5, 5.41) is 10.4. The second-order valence-electron chi connectivity index (χ2n) is 5.82. The summed E-state index contributed by atoms with van der Waals surface area (Å²) in [5.74, 6) is 0.822. The Balaban J connectivity index is 1.95. The standard InChI is InChI=1S/C15H26N4O/c1-4-11-6-5-7-13(8-11)18-15(20)14(16-2)12-9-17-19(3)10-12/h9-11,13-14,16H,4-8H2,1-3H3,(H,18,20). The Labute approximate surface area is 121 Å². The van der Waals surface area contributed by atoms with Crippen LogP contribution >= 0.6 is 0 Å². The second-order valence-corrected chi connectivity index (χ2v) is 5.82. The number of likely N-dealkylation sites (N-methyl/N-ethyl adjacent to an activating group) is 1. The van der Waals surface area contributed by atoms with Gasteiger partial charge in [0, 0.05) is 24.8 Å². The molecule has 0 radical (unpaired) electrons. The summed E-state index contributed by atoms with van der Waals surface area (Å²) < 4.78 is 1.72. The molecule has 1 amide bonds. The lowest BCUT2D eigenvalue weighted by atomic mass is 9.84. The molecule has 5 heteroatoms. The van der Waals surface area contributed by atoms with Crippen molar-refractivity contribution in [1.82, 2.24) is 20.4 Å². The molecule has 1 aromatic heterocycles. The van der Waals surface area contributed by atoms with Crippen molar-refractivity contribution in [2.45, 2.75) is 51.1 Å². The van der Waals surface area contributed by atoms with Crippen molar-refractivity contribution in [3.63, 3.8) is 0 Å². The number of hydrogen-bond acceptors (Lipinski definition) is 3. The Bertz CT molecular complexity index is 443. The van der Waals surface area contributed by atoms with E-state index in [0.29, 0.717) is 6.04 Å². The molecule has 3 atom stereocenters. The monoisotopic (exact) mass is 278 g/mol. The Morgan fingerprint density at radius 3 is 2.95 bits per heavy atom. The van der Waals surface area contributed by atoms with E-state index >= 15 is 0 Å². The van der Waals surface area contributed by atoms with E-state index in [2.05, 4.69) is 22.7 Å². The maximum Gasteiger partial charge on any atom is 0.242 e. The van der Waals surface area contributed by atoms with E-state index in [1.54, 1.807) is 10.9 Å². The van der Waals surface area contributed by atoms with E-state index < -0.39 is 0 Å². The Hall–Kier alpha value is -1.36. The zero-order chi connectivity index (χ0) is 14.5. The summed E-state index contributed by atoms with van der Waals surface area (Å²) in [5.41, 5.74) is 0.912. The third-order valence-corrected chi connectivity index (χ3v) is 4.32. The molecule has 0 saturated heterocycles. The fourth-order valence-electron chi connectivity index (χ4n) is 3.12. The van der Waals surface area contributed by atoms with Crippen LogP contribution in [0.15, 0.2) is 12.4 Å². The van der Waals surface area contributed by atoms with Crippen molar-refractivity contribution < 1.29 is 4.79 Å². The highest BCUT2D eigenvalue weighted by Crippen LogP contribution is 2.27. The minimum absolute atomic E-state index is 0.0576. The minimum Gasteiger partial charge on any atom is -0.352 e. The highest BCUT2D eigenvalue weighted by molar-refractivity contribution is 5.83. The molecular weight excluding hydrogens is 252 g/mol. The summed E-state index contributed by atoms with van der Waals surface area (Å²) in [7, 11) is 3.67. The number of nitrogens with zero attached hydrogens (tertiary/aromatic N) is 2. The van der Waals surface area contributed by atoms with Crippen molar-refractivity contribution in [3.8, 4) is 0 Å². The van der Waals surface area contributed by atoms with Crippen molar-refractivity contribution in [3.05, 3.63) is 18.0 Å². The number of nitrogens with one attached hydrogen (secondary N) is 2. The fraction of sp³-hybridized carbons (Fsp3) is 0.733. The van der Waals surface area contributed by atoms with Gasteiger partial charge >= 0.3 is 0 Å². The normalized spacial score (nSPS) is 24.4. The van der Waals surface area contributed by atoms with E-state index in [1.165, 1.54) is 19.3 Å². The predicted octanol–water partition coefficient (Wildman–Crippen LogP) is 1.77. The third kappa shape index (κ3) is 3.60. The SMILES string of the molecule is CCC1CCCC(NC(=O)C(NC)c2cnn(C)c2)C1. The number of aromatic nitrogens is 2. The first-order valence-corrected chi connectivity index (χ1v) is 7.60. The molecule has 1 fully saturated rings. The van der Waals surface area contributed by atoms with Crippen LogP contribution in [0.1, 0.15) is 50.6 Å². The van der Waals surface area contributed by atoms with Gasteiger partial charge in [-0.1, -0.05) is 26.2 Å². The molecule has 0 aliphatic heterocycles. The number of hydrogen-bond donors (Lipinski definition) is 2. The van der Waals surface area contributed by atoms with E-state index in [1.807, 2.05) is 20.3 Å². The average Bonchev–Trinajstić information content (AvgIpc) is 2.86. The van der Waals surface area contributed by atoms with Gasteiger partial charge in [-0.2, -0.15) is 5.10 Å². The van der Waals surface area contributed by atoms with Gasteiger partial charge in [0.1, 0.15) is 6.04 Å². The molecule has 1 aromatic rings. The maximum absolute atomic E-state index is 12.4. The Kier molecular flexibility index (Phi) is 5.17. The molecule has 0 aromatic carbocycles. The van der Waals surface area contributed by atoms with Gasteiger partial charge in [0.2, 0.25) is 5.91 Å². The van der Waals surface area contributed by atoms with Crippen molar-refractivity contribution in [1.29, 1.82) is 0 Å². The van der Waals surface area contributed by atoms with Gasteiger partial charge in [-0.25, -0.2) is 0 Å². The largest absolute Gasteiger partial charge is 0.352 e. The smallest absolute Gasteiger partial charge is 0.242 e. The molecule has 1 aliphatic carbocycles. The zero-order valence-corrected chi connectivity index (χ0v) is 12.7. The number of amides is 1. The molecule has 112 valence electrons. The van der Waals surface area contributed by atoms with Crippen LogP contribution in [0.25, 0.3) is 0 Å². The van der Waals surface area contributed by atoms with E-state index in [-0.39, 0.29) is 11.9 Å². The molecule has 2 rings (SSSR count). The second kappa shape index (κ2) is 6.88. The van der Waals surface area contributed by atoms with Crippen LogP contribution in [0, 0.1) is 5.92 Å². The molecule has 3 unspecified atom stereocenters. The molecule has 2 N–H and O–H groups in total. The predicted molar refractivity (Wildman–Crippen MR) is 79.2 cm³/mol. The molecule has 1 saturated carbocycles. The molecule has 20 heavy (non-hydrogen) atoms. The van der Waals surface area contributed by atoms with Crippen LogP contribution in [0.5, 0.6) is 0 Å².